The van der Waals surface area contributed by atoms with E-state index < -0.39 is 0 Å². The van der Waals surface area contributed by atoms with Crippen molar-refractivity contribution in [1.82, 2.24) is 15.5 Å². The van der Waals surface area contributed by atoms with Crippen LogP contribution in [0.5, 0.6) is 0 Å². The van der Waals surface area contributed by atoms with E-state index in [1.807, 2.05) is 22.7 Å². The highest BCUT2D eigenvalue weighted by atomic mass is 32.2. The van der Waals surface area contributed by atoms with Crippen molar-refractivity contribution < 1.29 is 4.79 Å². The minimum absolute atomic E-state index is 0.298. The second kappa shape index (κ2) is 11.0. The first kappa shape index (κ1) is 19.6. The summed E-state index contributed by atoms with van der Waals surface area (Å²) in [5, 5.41) is 7.08. The summed E-state index contributed by atoms with van der Waals surface area (Å²) in [6.45, 7) is 8.46. The third kappa shape index (κ3) is 7.38. The lowest BCUT2D eigenvalue weighted by Gasteiger charge is -2.17. The van der Waals surface area contributed by atoms with E-state index in [4.69, 9.17) is 0 Å². The van der Waals surface area contributed by atoms with E-state index in [2.05, 4.69) is 53.7 Å². The number of rotatable bonds is 9. The fourth-order valence-electron chi connectivity index (χ4n) is 2.75. The number of hydrogen-bond donors (Lipinski definition) is 2. The largest absolute Gasteiger partial charge is 0.357 e. The third-order valence-corrected chi connectivity index (χ3v) is 5.10. The zero-order valence-electron chi connectivity index (χ0n) is 15.3. The minimum atomic E-state index is 0.298. The van der Waals surface area contributed by atoms with Crippen molar-refractivity contribution in [1.29, 1.82) is 0 Å². The van der Waals surface area contributed by atoms with Crippen LogP contribution in [0, 0.1) is 0 Å². The number of aliphatic imine (C=N–C) groups is 1. The Labute approximate surface area is 155 Å². The zero-order chi connectivity index (χ0) is 17.9. The summed E-state index contributed by atoms with van der Waals surface area (Å²) in [4.78, 5) is 19.5. The molecule has 1 aromatic carbocycles. The molecule has 1 saturated heterocycles. The maximum atomic E-state index is 11.6. The Kier molecular flexibility index (Phi) is 8.66. The molecule has 1 fully saturated rings. The summed E-state index contributed by atoms with van der Waals surface area (Å²) < 4.78 is 0. The van der Waals surface area contributed by atoms with E-state index in [-0.39, 0.29) is 0 Å². The monoisotopic (exact) mass is 362 g/mol. The molecule has 6 heteroatoms. The normalized spacial score (nSPS) is 16.2. The molecule has 0 bridgehead atoms. The van der Waals surface area contributed by atoms with Gasteiger partial charge in [0.15, 0.2) is 5.96 Å². The molecule has 0 aromatic heterocycles. The molecule has 1 atom stereocenters. The molecular formula is C19H30N4OS. The van der Waals surface area contributed by atoms with Crippen molar-refractivity contribution in [2.45, 2.75) is 43.3 Å². The number of benzene rings is 1. The second-order valence-corrected chi connectivity index (χ2v) is 7.74. The average molecular weight is 363 g/mol. The van der Waals surface area contributed by atoms with Crippen LogP contribution in [-0.2, 0) is 4.79 Å². The highest BCUT2D eigenvalue weighted by Crippen LogP contribution is 2.22. The molecule has 1 heterocycles. The van der Waals surface area contributed by atoms with Gasteiger partial charge in [0.2, 0.25) is 5.91 Å². The Hall–Kier alpha value is -1.69. The second-order valence-electron chi connectivity index (χ2n) is 6.23. The van der Waals surface area contributed by atoms with Crippen molar-refractivity contribution in [2.75, 3.05) is 32.7 Å². The molecule has 0 aliphatic carbocycles. The highest BCUT2D eigenvalue weighted by Gasteiger charge is 2.18. The topological polar surface area (TPSA) is 56.7 Å². The number of amides is 1. The van der Waals surface area contributed by atoms with Gasteiger partial charge in [0.1, 0.15) is 0 Å². The molecule has 0 spiro atoms. The fraction of sp³-hybridized carbons (Fsp3) is 0.579. The lowest BCUT2D eigenvalue weighted by atomic mass is 10.4. The molecule has 1 amide bonds. The van der Waals surface area contributed by atoms with E-state index >= 15 is 0 Å². The first-order valence-electron chi connectivity index (χ1n) is 9.20. The van der Waals surface area contributed by atoms with Gasteiger partial charge in [-0.3, -0.25) is 9.79 Å². The molecule has 1 unspecified atom stereocenters. The lowest BCUT2D eigenvalue weighted by Crippen LogP contribution is -2.39. The van der Waals surface area contributed by atoms with Gasteiger partial charge in [0.25, 0.3) is 0 Å². The van der Waals surface area contributed by atoms with E-state index in [0.29, 0.717) is 17.6 Å². The molecule has 2 N–H and O–H groups in total. The molecule has 1 aromatic rings. The van der Waals surface area contributed by atoms with Crippen LogP contribution < -0.4 is 10.6 Å². The Morgan fingerprint density at radius 1 is 1.32 bits per heavy atom. The predicted octanol–water partition coefficient (Wildman–Crippen LogP) is 2.73. The first-order valence-corrected chi connectivity index (χ1v) is 10.1. The summed E-state index contributed by atoms with van der Waals surface area (Å²) in [5.74, 6) is 1.16. The molecule has 1 aliphatic heterocycles. The van der Waals surface area contributed by atoms with Crippen LogP contribution in [0.3, 0.4) is 0 Å². The quantitative estimate of drug-likeness (QED) is 0.307. The number of hydrogen-bond acceptors (Lipinski definition) is 3. The summed E-state index contributed by atoms with van der Waals surface area (Å²) in [6, 6.07) is 10.4. The SMILES string of the molecule is CCNC(=NCC(C)Sc1ccccc1)NCCCN1CCCC1=O. The van der Waals surface area contributed by atoms with Gasteiger partial charge in [0.05, 0.1) is 6.54 Å². The Morgan fingerprint density at radius 3 is 2.80 bits per heavy atom. The molecule has 1 aliphatic rings. The van der Waals surface area contributed by atoms with Crippen LogP contribution in [0.15, 0.2) is 40.2 Å². The summed E-state index contributed by atoms with van der Waals surface area (Å²) in [7, 11) is 0. The van der Waals surface area contributed by atoms with E-state index in [0.717, 1.165) is 51.5 Å². The smallest absolute Gasteiger partial charge is 0.222 e. The molecular weight excluding hydrogens is 332 g/mol. The van der Waals surface area contributed by atoms with Gasteiger partial charge in [-0.15, -0.1) is 11.8 Å². The molecule has 138 valence electrons. The van der Waals surface area contributed by atoms with Crippen LogP contribution in [-0.4, -0.2) is 54.7 Å². The van der Waals surface area contributed by atoms with Crippen LogP contribution >= 0.6 is 11.8 Å². The van der Waals surface area contributed by atoms with Crippen LogP contribution in [0.4, 0.5) is 0 Å². The van der Waals surface area contributed by atoms with Crippen molar-refractivity contribution in [3.8, 4) is 0 Å². The van der Waals surface area contributed by atoms with Crippen molar-refractivity contribution in [2.24, 2.45) is 4.99 Å². The van der Waals surface area contributed by atoms with Crippen LogP contribution in [0.25, 0.3) is 0 Å². The van der Waals surface area contributed by atoms with E-state index in [9.17, 15) is 4.79 Å². The van der Waals surface area contributed by atoms with Gasteiger partial charge in [-0.2, -0.15) is 0 Å². The van der Waals surface area contributed by atoms with Crippen molar-refractivity contribution >= 4 is 23.6 Å². The van der Waals surface area contributed by atoms with E-state index in [1.54, 1.807) is 0 Å². The fourth-order valence-corrected chi connectivity index (χ4v) is 3.68. The van der Waals surface area contributed by atoms with Gasteiger partial charge < -0.3 is 15.5 Å². The summed E-state index contributed by atoms with van der Waals surface area (Å²) in [6.07, 6.45) is 2.67. The van der Waals surface area contributed by atoms with Gasteiger partial charge in [0, 0.05) is 42.7 Å². The number of guanidine groups is 1. The number of nitrogens with zero attached hydrogens (tertiary/aromatic N) is 2. The number of carbonyl (C=O) groups is 1. The molecule has 2 rings (SSSR count). The summed E-state index contributed by atoms with van der Waals surface area (Å²) >= 11 is 1.84. The van der Waals surface area contributed by atoms with Crippen molar-refractivity contribution in [3.63, 3.8) is 0 Å². The zero-order valence-corrected chi connectivity index (χ0v) is 16.1. The number of carbonyl (C=O) groups excluding carboxylic acids is 1. The Bertz CT molecular complexity index is 550. The molecule has 0 radical (unpaired) electrons. The highest BCUT2D eigenvalue weighted by molar-refractivity contribution is 8.00. The maximum absolute atomic E-state index is 11.6. The molecule has 25 heavy (non-hydrogen) atoms. The van der Waals surface area contributed by atoms with Gasteiger partial charge in [-0.25, -0.2) is 0 Å². The maximum Gasteiger partial charge on any atom is 0.222 e. The van der Waals surface area contributed by atoms with Crippen LogP contribution in [0.2, 0.25) is 0 Å². The van der Waals surface area contributed by atoms with Gasteiger partial charge in [-0.05, 0) is 31.9 Å². The first-order chi connectivity index (χ1) is 12.2. The predicted molar refractivity (Wildman–Crippen MR) is 106 cm³/mol. The van der Waals surface area contributed by atoms with Crippen molar-refractivity contribution in [3.05, 3.63) is 30.3 Å². The lowest BCUT2D eigenvalue weighted by molar-refractivity contribution is -0.127. The van der Waals surface area contributed by atoms with E-state index in [1.165, 1.54) is 4.90 Å². The molecule has 5 nitrogen and oxygen atoms in total. The Balaban J connectivity index is 1.70. The number of likely N-dealkylation sites (tertiary alicyclic amines) is 1. The van der Waals surface area contributed by atoms with Gasteiger partial charge >= 0.3 is 0 Å². The minimum Gasteiger partial charge on any atom is -0.357 e. The standard InChI is InChI=1S/C19H30N4OS/c1-3-20-19(21-12-8-14-23-13-7-11-18(23)24)22-15-16(2)25-17-9-5-4-6-10-17/h4-6,9-10,16H,3,7-8,11-15H2,1-2H3,(H2,20,21,22). The number of thioether (sulfide) groups is 1. The number of nitrogens with one attached hydrogen (secondary N) is 2. The van der Waals surface area contributed by atoms with Gasteiger partial charge in [-0.1, -0.05) is 25.1 Å². The third-order valence-electron chi connectivity index (χ3n) is 4.00. The van der Waals surface area contributed by atoms with Crippen LogP contribution in [0.1, 0.15) is 33.1 Å². The Morgan fingerprint density at radius 2 is 2.12 bits per heavy atom. The molecule has 0 saturated carbocycles. The average Bonchev–Trinajstić information content (AvgIpc) is 3.02. The summed E-state index contributed by atoms with van der Waals surface area (Å²) in [5.41, 5.74) is 0.